The fraction of sp³-hybridized carbons (Fsp3) is 1.00. The normalized spacial score (nSPS) is 31.3. The first kappa shape index (κ1) is 14.5. The average Bonchev–Trinajstić information content (AvgIpc) is 2.87. The molecule has 0 radical (unpaired) electrons. The first-order valence-corrected chi connectivity index (χ1v) is 11.3. The Morgan fingerprint density at radius 3 is 2.22 bits per heavy atom. The Morgan fingerprint density at radius 2 is 1.61 bits per heavy atom. The van der Waals surface area contributed by atoms with E-state index in [4.69, 9.17) is 0 Å². The van der Waals surface area contributed by atoms with Crippen molar-refractivity contribution in [2.24, 2.45) is 0 Å². The van der Waals surface area contributed by atoms with Crippen molar-refractivity contribution in [2.75, 3.05) is 32.4 Å². The molecule has 4 heteroatoms. The number of likely N-dealkylation sites (tertiary alicyclic amines) is 2. The topological polar surface area (TPSA) is 26.7 Å². The average molecular weight is 270 g/mol. The second-order valence-corrected chi connectivity index (χ2v) is 12.7. The number of hydrogen-bond donors (Lipinski definition) is 1. The molecule has 0 aromatic carbocycles. The third kappa shape index (κ3) is 3.79. The van der Waals surface area contributed by atoms with Crippen LogP contribution in [-0.2, 0) is 0 Å². The minimum Gasteiger partial charge on any atom is -0.395 e. The van der Waals surface area contributed by atoms with Gasteiger partial charge in [-0.25, -0.2) is 0 Å². The van der Waals surface area contributed by atoms with Gasteiger partial charge in [0.05, 0.1) is 14.7 Å². The lowest BCUT2D eigenvalue weighted by Gasteiger charge is -2.34. The van der Waals surface area contributed by atoms with E-state index in [1.165, 1.54) is 51.5 Å². The van der Waals surface area contributed by atoms with Crippen LogP contribution in [0.3, 0.4) is 0 Å². The minimum absolute atomic E-state index is 0.348. The second-order valence-electron chi connectivity index (χ2n) is 7.30. The van der Waals surface area contributed by atoms with Gasteiger partial charge in [0.25, 0.3) is 0 Å². The number of aliphatic hydroxyl groups is 1. The summed E-state index contributed by atoms with van der Waals surface area (Å²) in [4.78, 5) is 5.27. The molecule has 2 saturated heterocycles. The molecule has 106 valence electrons. The summed E-state index contributed by atoms with van der Waals surface area (Å²) in [7, 11) is -0.987. The number of aliphatic hydroxyl groups excluding tert-OH is 1. The first-order valence-electron chi connectivity index (χ1n) is 7.58. The smallest absolute Gasteiger partial charge is 0.0599 e. The maximum atomic E-state index is 9.41. The van der Waals surface area contributed by atoms with Crippen LogP contribution in [0.25, 0.3) is 0 Å². The van der Waals surface area contributed by atoms with E-state index < -0.39 is 8.07 Å². The lowest BCUT2D eigenvalue weighted by atomic mass is 10.2. The lowest BCUT2D eigenvalue weighted by molar-refractivity contribution is 0.128. The molecule has 0 spiro atoms. The maximum absolute atomic E-state index is 9.41. The molecule has 2 heterocycles. The van der Waals surface area contributed by atoms with Gasteiger partial charge < -0.3 is 10.0 Å². The van der Waals surface area contributed by atoms with Crippen molar-refractivity contribution in [3.05, 3.63) is 0 Å². The van der Waals surface area contributed by atoms with Crippen molar-refractivity contribution < 1.29 is 5.11 Å². The van der Waals surface area contributed by atoms with E-state index in [0.717, 1.165) is 6.04 Å². The molecule has 2 unspecified atom stereocenters. The molecule has 0 aromatic heterocycles. The fourth-order valence-corrected chi connectivity index (χ4v) is 5.17. The fourth-order valence-electron chi connectivity index (χ4n) is 3.53. The summed E-state index contributed by atoms with van der Waals surface area (Å²) < 4.78 is 0. The van der Waals surface area contributed by atoms with Crippen LogP contribution in [0.15, 0.2) is 0 Å². The molecule has 18 heavy (non-hydrogen) atoms. The standard InChI is InChI=1S/C14H30N2OSi/c1-18(2,3)12-16-9-4-6-13(16)10-15-8-5-7-14(15)11-17/h13-14,17H,4-12H2,1-3H3. The minimum atomic E-state index is -0.987. The molecule has 2 atom stereocenters. The third-order valence-corrected chi connectivity index (χ3v) is 5.69. The van der Waals surface area contributed by atoms with Gasteiger partial charge in [0, 0.05) is 18.6 Å². The first-order chi connectivity index (χ1) is 8.49. The van der Waals surface area contributed by atoms with E-state index in [1.54, 1.807) is 0 Å². The van der Waals surface area contributed by atoms with Gasteiger partial charge in [0.1, 0.15) is 0 Å². The van der Waals surface area contributed by atoms with Gasteiger partial charge in [-0.15, -0.1) is 0 Å². The van der Waals surface area contributed by atoms with Crippen LogP contribution in [-0.4, -0.2) is 67.5 Å². The van der Waals surface area contributed by atoms with Crippen LogP contribution < -0.4 is 0 Å². The SMILES string of the molecule is C[Si](C)(C)CN1CCCC1CN1CCCC1CO. The zero-order valence-electron chi connectivity index (χ0n) is 12.4. The molecule has 0 aromatic rings. The van der Waals surface area contributed by atoms with E-state index in [-0.39, 0.29) is 0 Å². The largest absolute Gasteiger partial charge is 0.395 e. The molecule has 1 N–H and O–H groups in total. The predicted molar refractivity (Wildman–Crippen MR) is 79.6 cm³/mol. The molecule has 2 fully saturated rings. The van der Waals surface area contributed by atoms with E-state index in [0.29, 0.717) is 12.6 Å². The van der Waals surface area contributed by atoms with Crippen LogP contribution in [0, 0.1) is 0 Å². The van der Waals surface area contributed by atoms with Crippen LogP contribution in [0.4, 0.5) is 0 Å². The summed E-state index contributed by atoms with van der Waals surface area (Å²) in [6, 6.07) is 1.20. The molecule has 3 nitrogen and oxygen atoms in total. The van der Waals surface area contributed by atoms with Gasteiger partial charge in [-0.3, -0.25) is 4.90 Å². The van der Waals surface area contributed by atoms with Gasteiger partial charge in [-0.2, -0.15) is 0 Å². The summed E-state index contributed by atoms with van der Waals surface area (Å²) in [6.07, 6.45) is 6.53. The summed E-state index contributed by atoms with van der Waals surface area (Å²) >= 11 is 0. The highest BCUT2D eigenvalue weighted by atomic mass is 28.3. The second kappa shape index (κ2) is 6.03. The Morgan fingerprint density at radius 1 is 1.00 bits per heavy atom. The molecule has 0 amide bonds. The highest BCUT2D eigenvalue weighted by Gasteiger charge is 2.32. The van der Waals surface area contributed by atoms with Gasteiger partial charge in [0.15, 0.2) is 0 Å². The Hall–Kier alpha value is 0.0969. The van der Waals surface area contributed by atoms with Crippen LogP contribution in [0.2, 0.25) is 19.6 Å². The van der Waals surface area contributed by atoms with Crippen molar-refractivity contribution in [3.63, 3.8) is 0 Å². The summed E-state index contributed by atoms with van der Waals surface area (Å²) in [6.45, 7) is 11.4. The Labute approximate surface area is 113 Å². The van der Waals surface area contributed by atoms with Crippen molar-refractivity contribution in [3.8, 4) is 0 Å². The Balaban J connectivity index is 1.87. The molecule has 2 rings (SSSR count). The summed E-state index contributed by atoms with van der Waals surface area (Å²) in [5.41, 5.74) is 0. The van der Waals surface area contributed by atoms with Crippen molar-refractivity contribution in [2.45, 2.75) is 57.4 Å². The maximum Gasteiger partial charge on any atom is 0.0599 e. The zero-order chi connectivity index (χ0) is 13.2. The molecule has 0 bridgehead atoms. The zero-order valence-corrected chi connectivity index (χ0v) is 13.4. The third-order valence-electron chi connectivity index (χ3n) is 4.33. The lowest BCUT2D eigenvalue weighted by Crippen LogP contribution is -2.48. The van der Waals surface area contributed by atoms with Crippen molar-refractivity contribution in [1.29, 1.82) is 0 Å². The highest BCUT2D eigenvalue weighted by Crippen LogP contribution is 2.24. The van der Waals surface area contributed by atoms with Crippen LogP contribution >= 0.6 is 0 Å². The highest BCUT2D eigenvalue weighted by molar-refractivity contribution is 6.76. The van der Waals surface area contributed by atoms with E-state index >= 15 is 0 Å². The monoisotopic (exact) mass is 270 g/mol. The number of rotatable bonds is 5. The van der Waals surface area contributed by atoms with E-state index in [1.807, 2.05) is 0 Å². The predicted octanol–water partition coefficient (Wildman–Crippen LogP) is 1.78. The van der Waals surface area contributed by atoms with Gasteiger partial charge in [-0.05, 0) is 44.9 Å². The van der Waals surface area contributed by atoms with Gasteiger partial charge >= 0.3 is 0 Å². The molecular formula is C14H30N2OSi. The molecular weight excluding hydrogens is 240 g/mol. The van der Waals surface area contributed by atoms with E-state index in [9.17, 15) is 5.11 Å². The Kier molecular flexibility index (Phi) is 4.86. The quantitative estimate of drug-likeness (QED) is 0.772. The molecule has 0 aliphatic carbocycles. The van der Waals surface area contributed by atoms with Gasteiger partial charge in [0.2, 0.25) is 0 Å². The van der Waals surface area contributed by atoms with Crippen LogP contribution in [0.5, 0.6) is 0 Å². The Bertz CT molecular complexity index is 267. The number of hydrogen-bond acceptors (Lipinski definition) is 3. The van der Waals surface area contributed by atoms with Crippen LogP contribution in [0.1, 0.15) is 25.7 Å². The summed E-state index contributed by atoms with van der Waals surface area (Å²) in [5.74, 6) is 0. The van der Waals surface area contributed by atoms with Gasteiger partial charge in [-0.1, -0.05) is 19.6 Å². The van der Waals surface area contributed by atoms with E-state index in [2.05, 4.69) is 29.4 Å². The molecule has 0 saturated carbocycles. The number of nitrogens with zero attached hydrogens (tertiary/aromatic N) is 2. The molecule has 2 aliphatic heterocycles. The molecule has 2 aliphatic rings. The van der Waals surface area contributed by atoms with Crippen molar-refractivity contribution in [1.82, 2.24) is 9.80 Å². The summed E-state index contributed by atoms with van der Waals surface area (Å²) in [5, 5.41) is 9.41. The van der Waals surface area contributed by atoms with Crippen molar-refractivity contribution >= 4 is 8.07 Å².